The summed E-state index contributed by atoms with van der Waals surface area (Å²) in [6.07, 6.45) is -4.72. The molecule has 0 amide bonds. The lowest BCUT2D eigenvalue weighted by Gasteiger charge is -2.35. The molecule has 1 N–H and O–H groups in total. The lowest BCUT2D eigenvalue weighted by molar-refractivity contribution is -0.274. The summed E-state index contributed by atoms with van der Waals surface area (Å²) in [7, 11) is 1.56. The first-order valence-corrected chi connectivity index (χ1v) is 9.22. The number of nitrogens with one attached hydrogen (secondary N) is 1. The molecule has 31 heavy (non-hydrogen) atoms. The first-order valence-electron chi connectivity index (χ1n) is 9.22. The number of hydrogen-bond donors (Lipinski definition) is 1. The first-order chi connectivity index (χ1) is 13.9. The molecule has 0 unspecified atom stereocenters. The van der Waals surface area contributed by atoms with Gasteiger partial charge in [0, 0.05) is 26.2 Å². The summed E-state index contributed by atoms with van der Waals surface area (Å²) < 4.78 is 58.0. The van der Waals surface area contributed by atoms with Gasteiger partial charge in [-0.05, 0) is 35.4 Å². The molecular weight excluding hydrogens is 460 g/mol. The SMILES string of the molecule is COc1cc([C@H](c2ccc(OC(F)(F)F)cc2)N2CCNCC2)cc2c1OCO2.Cl.Cl. The topological polar surface area (TPSA) is 52.2 Å². The maximum atomic E-state index is 12.5. The largest absolute Gasteiger partial charge is 0.573 e. The van der Waals surface area contributed by atoms with Gasteiger partial charge in [0.25, 0.3) is 0 Å². The Morgan fingerprint density at radius 1 is 1.00 bits per heavy atom. The van der Waals surface area contributed by atoms with E-state index in [9.17, 15) is 13.2 Å². The van der Waals surface area contributed by atoms with Gasteiger partial charge in [0.05, 0.1) is 13.2 Å². The molecule has 172 valence electrons. The molecular formula is C20H23Cl2F3N2O4. The predicted molar refractivity (Wildman–Crippen MR) is 113 cm³/mol. The van der Waals surface area contributed by atoms with Gasteiger partial charge >= 0.3 is 6.36 Å². The second kappa shape index (κ2) is 10.5. The van der Waals surface area contributed by atoms with E-state index >= 15 is 0 Å². The number of rotatable bonds is 5. The molecule has 2 heterocycles. The highest BCUT2D eigenvalue weighted by atomic mass is 35.5. The Kier molecular flexibility index (Phi) is 8.53. The highest BCUT2D eigenvalue weighted by Gasteiger charge is 2.32. The van der Waals surface area contributed by atoms with E-state index in [1.807, 2.05) is 12.1 Å². The zero-order valence-corrected chi connectivity index (χ0v) is 18.2. The monoisotopic (exact) mass is 482 g/mol. The fourth-order valence-electron chi connectivity index (χ4n) is 3.71. The van der Waals surface area contributed by atoms with Gasteiger partial charge in [-0.15, -0.1) is 38.0 Å². The lowest BCUT2D eigenvalue weighted by Crippen LogP contribution is -2.45. The van der Waals surface area contributed by atoms with Gasteiger partial charge in [-0.25, -0.2) is 0 Å². The average Bonchev–Trinajstić information content (AvgIpc) is 3.17. The van der Waals surface area contributed by atoms with Gasteiger partial charge in [-0.2, -0.15) is 0 Å². The van der Waals surface area contributed by atoms with Crippen molar-refractivity contribution in [3.05, 3.63) is 47.5 Å². The Morgan fingerprint density at radius 2 is 1.68 bits per heavy atom. The van der Waals surface area contributed by atoms with E-state index in [0.717, 1.165) is 37.3 Å². The maximum absolute atomic E-state index is 12.5. The third-order valence-electron chi connectivity index (χ3n) is 4.94. The highest BCUT2D eigenvalue weighted by Crippen LogP contribution is 2.45. The lowest BCUT2D eigenvalue weighted by atomic mass is 9.95. The molecule has 0 spiro atoms. The Bertz CT molecular complexity index is 863. The summed E-state index contributed by atoms with van der Waals surface area (Å²) in [5.74, 6) is 1.47. The summed E-state index contributed by atoms with van der Waals surface area (Å²) >= 11 is 0. The molecule has 0 bridgehead atoms. The molecule has 2 aliphatic rings. The Morgan fingerprint density at radius 3 is 2.29 bits per heavy atom. The van der Waals surface area contributed by atoms with Crippen LogP contribution in [0.4, 0.5) is 13.2 Å². The van der Waals surface area contributed by atoms with Crippen LogP contribution < -0.4 is 24.3 Å². The third kappa shape index (κ3) is 5.79. The van der Waals surface area contributed by atoms with Crippen molar-refractivity contribution in [2.45, 2.75) is 12.4 Å². The smallest absolute Gasteiger partial charge is 0.493 e. The van der Waals surface area contributed by atoms with Crippen molar-refractivity contribution in [3.63, 3.8) is 0 Å². The van der Waals surface area contributed by atoms with Gasteiger partial charge in [0.1, 0.15) is 5.75 Å². The average molecular weight is 483 g/mol. The minimum Gasteiger partial charge on any atom is -0.493 e. The first kappa shape index (κ1) is 25.2. The molecule has 0 radical (unpaired) electrons. The summed E-state index contributed by atoms with van der Waals surface area (Å²) in [6, 6.07) is 9.60. The molecule has 0 aromatic heterocycles. The van der Waals surface area contributed by atoms with Crippen LogP contribution in [0.3, 0.4) is 0 Å². The number of ether oxygens (including phenoxy) is 4. The number of piperazine rings is 1. The molecule has 0 aliphatic carbocycles. The van der Waals surface area contributed by atoms with Gasteiger partial charge in [-0.1, -0.05) is 12.1 Å². The maximum Gasteiger partial charge on any atom is 0.573 e. The number of alkyl halides is 3. The normalized spacial score (nSPS) is 16.6. The quantitative estimate of drug-likeness (QED) is 0.690. The van der Waals surface area contributed by atoms with Crippen molar-refractivity contribution in [1.29, 1.82) is 0 Å². The summed E-state index contributed by atoms with van der Waals surface area (Å²) in [5.41, 5.74) is 1.76. The van der Waals surface area contributed by atoms with Gasteiger partial charge < -0.3 is 24.3 Å². The van der Waals surface area contributed by atoms with Crippen LogP contribution in [0, 0.1) is 0 Å². The van der Waals surface area contributed by atoms with Crippen molar-refractivity contribution < 1.29 is 32.1 Å². The molecule has 2 aromatic rings. The third-order valence-corrected chi connectivity index (χ3v) is 4.94. The minimum absolute atomic E-state index is 0. The minimum atomic E-state index is -4.72. The summed E-state index contributed by atoms with van der Waals surface area (Å²) in [5, 5.41) is 3.32. The van der Waals surface area contributed by atoms with Crippen LogP contribution in [0.2, 0.25) is 0 Å². The number of fused-ring (bicyclic) bond motifs is 1. The predicted octanol–water partition coefficient (Wildman–Crippen LogP) is 4.16. The molecule has 1 saturated heterocycles. The van der Waals surface area contributed by atoms with Crippen molar-refractivity contribution in [3.8, 4) is 23.0 Å². The second-order valence-electron chi connectivity index (χ2n) is 6.76. The molecule has 0 saturated carbocycles. The van der Waals surface area contributed by atoms with Crippen molar-refractivity contribution >= 4 is 24.8 Å². The number of methoxy groups -OCH3 is 1. The molecule has 4 rings (SSSR count). The number of benzene rings is 2. The Balaban J connectivity index is 0.00000171. The summed E-state index contributed by atoms with van der Waals surface area (Å²) in [4.78, 5) is 2.27. The molecule has 2 aromatic carbocycles. The van der Waals surface area contributed by atoms with Crippen LogP contribution in [0.15, 0.2) is 36.4 Å². The van der Waals surface area contributed by atoms with E-state index < -0.39 is 6.36 Å². The second-order valence-corrected chi connectivity index (χ2v) is 6.76. The van der Waals surface area contributed by atoms with Crippen molar-refractivity contribution in [2.24, 2.45) is 0 Å². The van der Waals surface area contributed by atoms with E-state index in [2.05, 4.69) is 15.0 Å². The number of nitrogens with zero attached hydrogens (tertiary/aromatic N) is 1. The number of hydrogen-bond acceptors (Lipinski definition) is 6. The van der Waals surface area contributed by atoms with Gasteiger partial charge in [0.2, 0.25) is 12.5 Å². The molecule has 1 fully saturated rings. The molecule has 6 nitrogen and oxygen atoms in total. The highest BCUT2D eigenvalue weighted by molar-refractivity contribution is 5.85. The van der Waals surface area contributed by atoms with Crippen LogP contribution in [0.25, 0.3) is 0 Å². The Labute approximate surface area is 190 Å². The van der Waals surface area contributed by atoms with E-state index in [4.69, 9.17) is 14.2 Å². The zero-order chi connectivity index (χ0) is 20.4. The van der Waals surface area contributed by atoms with Crippen LogP contribution in [-0.2, 0) is 0 Å². The van der Waals surface area contributed by atoms with Crippen LogP contribution in [0.5, 0.6) is 23.0 Å². The van der Waals surface area contributed by atoms with Crippen LogP contribution in [0.1, 0.15) is 17.2 Å². The van der Waals surface area contributed by atoms with E-state index in [0.29, 0.717) is 17.2 Å². The van der Waals surface area contributed by atoms with Gasteiger partial charge in [-0.3, -0.25) is 4.90 Å². The van der Waals surface area contributed by atoms with E-state index in [1.54, 1.807) is 19.2 Å². The fraction of sp³-hybridized carbons (Fsp3) is 0.400. The van der Waals surface area contributed by atoms with Crippen molar-refractivity contribution in [1.82, 2.24) is 10.2 Å². The van der Waals surface area contributed by atoms with E-state index in [-0.39, 0.29) is 43.4 Å². The standard InChI is InChI=1S/C20H21F3N2O4.2ClH/c1-26-16-10-14(11-17-19(16)28-12-27-17)18(25-8-6-24-7-9-25)13-2-4-15(5-3-13)29-20(21,22)23;;/h2-5,10-11,18,24H,6-9,12H2,1H3;2*1H/t18-;;/m0../s1. The zero-order valence-electron chi connectivity index (χ0n) is 16.6. The Hall–Kier alpha value is -2.07. The van der Waals surface area contributed by atoms with E-state index in [1.165, 1.54) is 12.1 Å². The van der Waals surface area contributed by atoms with Gasteiger partial charge in [0.15, 0.2) is 11.5 Å². The molecule has 2 aliphatic heterocycles. The van der Waals surface area contributed by atoms with Crippen molar-refractivity contribution in [2.75, 3.05) is 40.1 Å². The van der Waals surface area contributed by atoms with Crippen LogP contribution >= 0.6 is 24.8 Å². The number of halogens is 5. The fourth-order valence-corrected chi connectivity index (χ4v) is 3.71. The summed E-state index contributed by atoms with van der Waals surface area (Å²) in [6.45, 7) is 3.36. The van der Waals surface area contributed by atoms with Crippen LogP contribution in [-0.4, -0.2) is 51.3 Å². The molecule has 1 atom stereocenters. The molecule has 11 heteroatoms.